The largest absolute Gasteiger partial charge is 0.492 e. The smallest absolute Gasteiger partial charge is 0.489 e. The van der Waals surface area contributed by atoms with Crippen LogP contribution in [0.2, 0.25) is 0 Å². The van der Waals surface area contributed by atoms with Gasteiger partial charge in [-0.15, -0.1) is 0 Å². The second-order valence-electron chi connectivity index (χ2n) is 4.51. The van der Waals surface area contributed by atoms with Crippen LogP contribution < -0.4 is 10.2 Å². The molecule has 2 aromatic rings. The molecular formula is C15H16BFO3. The van der Waals surface area contributed by atoms with E-state index in [2.05, 4.69) is 6.92 Å². The maximum Gasteiger partial charge on any atom is 0.492 e. The molecule has 0 unspecified atom stereocenters. The first-order valence-electron chi connectivity index (χ1n) is 6.46. The van der Waals surface area contributed by atoms with Gasteiger partial charge >= 0.3 is 7.12 Å². The zero-order valence-electron chi connectivity index (χ0n) is 11.2. The van der Waals surface area contributed by atoms with Crippen LogP contribution in [0, 0.1) is 5.82 Å². The van der Waals surface area contributed by atoms with E-state index in [-0.39, 0.29) is 17.8 Å². The van der Waals surface area contributed by atoms with E-state index >= 15 is 0 Å². The van der Waals surface area contributed by atoms with Gasteiger partial charge in [-0.25, -0.2) is 4.39 Å². The van der Waals surface area contributed by atoms with E-state index in [1.165, 1.54) is 11.6 Å². The minimum Gasteiger partial charge on any atom is -0.489 e. The standard InChI is InChI=1S/C15H16BFO3/c1-2-11-3-5-12(6-4-11)10-20-15-9-13(17)7-8-14(15)16(18)19/h3-9,18-19H,2,10H2,1H3. The van der Waals surface area contributed by atoms with Gasteiger partial charge in [0.05, 0.1) is 0 Å². The lowest BCUT2D eigenvalue weighted by atomic mass is 9.79. The highest BCUT2D eigenvalue weighted by molar-refractivity contribution is 6.59. The SMILES string of the molecule is CCc1ccc(COc2cc(F)ccc2B(O)O)cc1. The van der Waals surface area contributed by atoms with Gasteiger partial charge in [0.25, 0.3) is 0 Å². The first-order valence-corrected chi connectivity index (χ1v) is 6.46. The Bertz CT molecular complexity index is 570. The van der Waals surface area contributed by atoms with Gasteiger partial charge in [0.1, 0.15) is 18.2 Å². The Labute approximate surface area is 117 Å². The van der Waals surface area contributed by atoms with Crippen LogP contribution in [0.1, 0.15) is 18.1 Å². The highest BCUT2D eigenvalue weighted by Gasteiger charge is 2.17. The summed E-state index contributed by atoms with van der Waals surface area (Å²) in [7, 11) is -1.69. The van der Waals surface area contributed by atoms with E-state index in [1.54, 1.807) is 0 Å². The highest BCUT2D eigenvalue weighted by atomic mass is 19.1. The van der Waals surface area contributed by atoms with Crippen molar-refractivity contribution in [3.05, 3.63) is 59.4 Å². The summed E-state index contributed by atoms with van der Waals surface area (Å²) < 4.78 is 18.7. The summed E-state index contributed by atoms with van der Waals surface area (Å²) >= 11 is 0. The second kappa shape index (κ2) is 6.54. The predicted molar refractivity (Wildman–Crippen MR) is 76.4 cm³/mol. The van der Waals surface area contributed by atoms with Crippen molar-refractivity contribution in [1.29, 1.82) is 0 Å². The lowest BCUT2D eigenvalue weighted by molar-refractivity contribution is 0.305. The normalized spacial score (nSPS) is 10.4. The maximum absolute atomic E-state index is 13.2. The van der Waals surface area contributed by atoms with Crippen LogP contribution in [0.25, 0.3) is 0 Å². The zero-order chi connectivity index (χ0) is 14.5. The monoisotopic (exact) mass is 274 g/mol. The summed E-state index contributed by atoms with van der Waals surface area (Å²) in [5.41, 5.74) is 2.31. The Morgan fingerprint density at radius 3 is 2.30 bits per heavy atom. The van der Waals surface area contributed by atoms with E-state index in [9.17, 15) is 14.4 Å². The molecule has 0 aliphatic rings. The van der Waals surface area contributed by atoms with Gasteiger partial charge in [-0.2, -0.15) is 0 Å². The van der Waals surface area contributed by atoms with E-state index in [4.69, 9.17) is 4.74 Å². The molecule has 0 atom stereocenters. The average Bonchev–Trinajstić information content (AvgIpc) is 2.45. The Morgan fingerprint density at radius 2 is 1.70 bits per heavy atom. The van der Waals surface area contributed by atoms with Crippen molar-refractivity contribution in [1.82, 2.24) is 0 Å². The fourth-order valence-corrected chi connectivity index (χ4v) is 1.88. The highest BCUT2D eigenvalue weighted by Crippen LogP contribution is 2.13. The van der Waals surface area contributed by atoms with E-state index in [1.807, 2.05) is 24.3 Å². The Hall–Kier alpha value is -1.85. The van der Waals surface area contributed by atoms with E-state index < -0.39 is 12.9 Å². The third-order valence-electron chi connectivity index (χ3n) is 3.08. The third kappa shape index (κ3) is 3.59. The molecule has 0 saturated heterocycles. The van der Waals surface area contributed by atoms with Gasteiger partial charge in [-0.3, -0.25) is 0 Å². The van der Waals surface area contributed by atoms with Gasteiger partial charge < -0.3 is 14.8 Å². The molecule has 0 bridgehead atoms. The summed E-state index contributed by atoms with van der Waals surface area (Å²) in [6.45, 7) is 2.32. The summed E-state index contributed by atoms with van der Waals surface area (Å²) in [5.74, 6) is -0.342. The molecule has 0 aliphatic carbocycles. The first-order chi connectivity index (χ1) is 9.60. The molecule has 104 valence electrons. The van der Waals surface area contributed by atoms with Crippen LogP contribution in [0.5, 0.6) is 5.75 Å². The molecule has 20 heavy (non-hydrogen) atoms. The predicted octanol–water partition coefficient (Wildman–Crippen LogP) is 1.65. The van der Waals surface area contributed by atoms with Crippen molar-refractivity contribution in [2.24, 2.45) is 0 Å². The molecule has 0 saturated carbocycles. The molecule has 0 spiro atoms. The molecule has 0 heterocycles. The molecule has 0 aromatic heterocycles. The Morgan fingerprint density at radius 1 is 1.05 bits per heavy atom. The molecule has 2 rings (SSSR count). The van der Waals surface area contributed by atoms with Gasteiger partial charge in [-0.1, -0.05) is 37.3 Å². The summed E-state index contributed by atoms with van der Waals surface area (Å²) in [5, 5.41) is 18.4. The summed E-state index contributed by atoms with van der Waals surface area (Å²) in [6, 6.07) is 11.5. The summed E-state index contributed by atoms with van der Waals surface area (Å²) in [4.78, 5) is 0. The van der Waals surface area contributed by atoms with Crippen molar-refractivity contribution in [2.75, 3.05) is 0 Å². The second-order valence-corrected chi connectivity index (χ2v) is 4.51. The van der Waals surface area contributed by atoms with Gasteiger partial charge in [-0.05, 0) is 23.6 Å². The summed E-state index contributed by atoms with van der Waals surface area (Å²) in [6.07, 6.45) is 0.964. The molecule has 0 radical (unpaired) electrons. The average molecular weight is 274 g/mol. The van der Waals surface area contributed by atoms with Crippen molar-refractivity contribution >= 4 is 12.6 Å². The lowest BCUT2D eigenvalue weighted by Crippen LogP contribution is -2.31. The number of hydrogen-bond acceptors (Lipinski definition) is 3. The number of halogens is 1. The maximum atomic E-state index is 13.2. The van der Waals surface area contributed by atoms with Crippen molar-refractivity contribution in [3.8, 4) is 5.75 Å². The van der Waals surface area contributed by atoms with Gasteiger partial charge in [0.2, 0.25) is 0 Å². The number of ether oxygens (including phenoxy) is 1. The molecule has 0 aliphatic heterocycles. The van der Waals surface area contributed by atoms with Crippen molar-refractivity contribution in [3.63, 3.8) is 0 Å². The fraction of sp³-hybridized carbons (Fsp3) is 0.200. The Balaban J connectivity index is 2.11. The zero-order valence-corrected chi connectivity index (χ0v) is 11.2. The number of benzene rings is 2. The Kier molecular flexibility index (Phi) is 4.77. The van der Waals surface area contributed by atoms with E-state index in [0.717, 1.165) is 24.1 Å². The lowest BCUT2D eigenvalue weighted by Gasteiger charge is -2.11. The van der Waals surface area contributed by atoms with Gasteiger partial charge in [0, 0.05) is 11.5 Å². The molecule has 2 N–H and O–H groups in total. The quantitative estimate of drug-likeness (QED) is 0.815. The van der Waals surface area contributed by atoms with Crippen LogP contribution in [-0.2, 0) is 13.0 Å². The molecular weight excluding hydrogens is 258 g/mol. The van der Waals surface area contributed by atoms with E-state index in [0.29, 0.717) is 0 Å². The van der Waals surface area contributed by atoms with Crippen LogP contribution >= 0.6 is 0 Å². The number of hydrogen-bond donors (Lipinski definition) is 2. The minimum absolute atomic E-state index is 0.138. The third-order valence-corrected chi connectivity index (χ3v) is 3.08. The van der Waals surface area contributed by atoms with Crippen molar-refractivity contribution in [2.45, 2.75) is 20.0 Å². The van der Waals surface area contributed by atoms with Crippen LogP contribution in [0.4, 0.5) is 4.39 Å². The van der Waals surface area contributed by atoms with Crippen molar-refractivity contribution < 1.29 is 19.2 Å². The fourth-order valence-electron chi connectivity index (χ4n) is 1.88. The number of aryl methyl sites for hydroxylation is 1. The van der Waals surface area contributed by atoms with Gasteiger partial charge in [0.15, 0.2) is 0 Å². The first kappa shape index (κ1) is 14.6. The van der Waals surface area contributed by atoms with Crippen LogP contribution in [0.15, 0.2) is 42.5 Å². The molecule has 0 amide bonds. The van der Waals surface area contributed by atoms with Crippen LogP contribution in [-0.4, -0.2) is 17.2 Å². The molecule has 0 fully saturated rings. The molecule has 2 aromatic carbocycles. The molecule has 3 nitrogen and oxygen atoms in total. The minimum atomic E-state index is -1.69. The number of rotatable bonds is 5. The van der Waals surface area contributed by atoms with Crippen LogP contribution in [0.3, 0.4) is 0 Å². The molecule has 5 heteroatoms. The topological polar surface area (TPSA) is 49.7 Å².